The molecule has 2 rings (SSSR count). The van der Waals surface area contributed by atoms with Crippen molar-refractivity contribution >= 4 is 11.7 Å². The van der Waals surface area contributed by atoms with Crippen LogP contribution in [-0.4, -0.2) is 17.3 Å². The molecule has 5 heteroatoms. The molecule has 1 atom stereocenters. The van der Waals surface area contributed by atoms with E-state index in [1.807, 2.05) is 0 Å². The summed E-state index contributed by atoms with van der Waals surface area (Å²) in [7, 11) is 0. The van der Waals surface area contributed by atoms with Crippen molar-refractivity contribution in [1.82, 2.24) is 0 Å². The van der Waals surface area contributed by atoms with Crippen molar-refractivity contribution in [2.45, 2.75) is 18.9 Å². The molecular formula is C11H9FNO3-. The number of hydrogen-bond donors (Lipinski definition) is 0. The van der Waals surface area contributed by atoms with Gasteiger partial charge in [0.05, 0.1) is 11.7 Å². The van der Waals surface area contributed by atoms with Crippen LogP contribution in [0.3, 0.4) is 0 Å². The van der Waals surface area contributed by atoms with Crippen LogP contribution >= 0.6 is 0 Å². The summed E-state index contributed by atoms with van der Waals surface area (Å²) < 4.78 is 12.7. The molecular weight excluding hydrogens is 213 g/mol. The lowest BCUT2D eigenvalue weighted by atomic mass is 9.96. The molecule has 4 nitrogen and oxygen atoms in total. The van der Waals surface area contributed by atoms with Gasteiger partial charge in [-0.25, -0.2) is 4.39 Å². The molecule has 0 aliphatic carbocycles. The number of aliphatic carboxylic acids is 1. The third kappa shape index (κ3) is 1.76. The molecule has 0 amide bonds. The fraction of sp³-hybridized carbons (Fsp3) is 0.273. The van der Waals surface area contributed by atoms with Gasteiger partial charge in [-0.15, -0.1) is 0 Å². The van der Waals surface area contributed by atoms with E-state index in [0.29, 0.717) is 11.3 Å². The minimum atomic E-state index is -1.43. The van der Waals surface area contributed by atoms with E-state index in [2.05, 4.69) is 5.16 Å². The Labute approximate surface area is 91.3 Å². The molecule has 0 saturated heterocycles. The molecule has 0 N–H and O–H groups in total. The van der Waals surface area contributed by atoms with E-state index >= 15 is 0 Å². The number of carbonyl (C=O) groups excluding carboxylic acids is 1. The van der Waals surface area contributed by atoms with Crippen LogP contribution in [0.4, 0.5) is 4.39 Å². The molecule has 1 heterocycles. The van der Waals surface area contributed by atoms with Crippen LogP contribution in [0.5, 0.6) is 0 Å². The molecule has 0 aromatic heterocycles. The highest BCUT2D eigenvalue weighted by Gasteiger charge is 2.36. The van der Waals surface area contributed by atoms with Crippen LogP contribution in [0, 0.1) is 5.82 Å². The number of benzene rings is 1. The standard InChI is InChI=1S/C11H10FNO3/c1-11(10(14)15)6-9(13-16-11)7-2-4-8(12)5-3-7/h2-5H,6H2,1H3,(H,14,15)/p-1/t11-/m0/s1. The largest absolute Gasteiger partial charge is 0.546 e. The van der Waals surface area contributed by atoms with Crippen molar-refractivity contribution in [3.63, 3.8) is 0 Å². The second-order valence-corrected chi connectivity index (χ2v) is 3.83. The van der Waals surface area contributed by atoms with E-state index < -0.39 is 11.6 Å². The Hall–Kier alpha value is -1.91. The van der Waals surface area contributed by atoms with Crippen LogP contribution in [0.25, 0.3) is 0 Å². The van der Waals surface area contributed by atoms with Crippen molar-refractivity contribution in [3.05, 3.63) is 35.6 Å². The van der Waals surface area contributed by atoms with E-state index in [0.717, 1.165) is 0 Å². The third-order valence-corrected chi connectivity index (χ3v) is 2.47. The molecule has 0 saturated carbocycles. The van der Waals surface area contributed by atoms with Gasteiger partial charge >= 0.3 is 0 Å². The van der Waals surface area contributed by atoms with Crippen molar-refractivity contribution < 1.29 is 19.1 Å². The Morgan fingerprint density at radius 1 is 1.50 bits per heavy atom. The molecule has 0 bridgehead atoms. The van der Waals surface area contributed by atoms with Crippen molar-refractivity contribution in [2.24, 2.45) is 5.16 Å². The number of oxime groups is 1. The summed E-state index contributed by atoms with van der Waals surface area (Å²) in [6.45, 7) is 1.39. The van der Waals surface area contributed by atoms with Gasteiger partial charge in [-0.2, -0.15) is 0 Å². The molecule has 0 radical (unpaired) electrons. The summed E-state index contributed by atoms with van der Waals surface area (Å²) in [4.78, 5) is 15.6. The molecule has 1 aromatic carbocycles. The third-order valence-electron chi connectivity index (χ3n) is 2.47. The second-order valence-electron chi connectivity index (χ2n) is 3.83. The highest BCUT2D eigenvalue weighted by molar-refractivity contribution is 6.04. The van der Waals surface area contributed by atoms with Crippen LogP contribution in [0.15, 0.2) is 29.4 Å². The summed E-state index contributed by atoms with van der Waals surface area (Å²) in [5.41, 5.74) is -0.304. The minimum Gasteiger partial charge on any atom is -0.546 e. The van der Waals surface area contributed by atoms with Gasteiger partial charge < -0.3 is 14.7 Å². The lowest BCUT2D eigenvalue weighted by Gasteiger charge is -2.21. The SMILES string of the molecule is C[C@@]1(C(=O)[O-])CC(c2ccc(F)cc2)=NO1. The van der Waals surface area contributed by atoms with Gasteiger partial charge in [0.1, 0.15) is 5.82 Å². The zero-order valence-corrected chi connectivity index (χ0v) is 8.57. The smallest absolute Gasteiger partial charge is 0.179 e. The zero-order chi connectivity index (χ0) is 11.8. The van der Waals surface area contributed by atoms with Crippen LogP contribution < -0.4 is 5.11 Å². The maximum absolute atomic E-state index is 12.7. The molecule has 0 spiro atoms. The van der Waals surface area contributed by atoms with Crippen LogP contribution in [-0.2, 0) is 9.63 Å². The maximum atomic E-state index is 12.7. The summed E-state index contributed by atoms with van der Waals surface area (Å²) in [5, 5.41) is 14.5. The van der Waals surface area contributed by atoms with Gasteiger partial charge in [-0.1, -0.05) is 17.3 Å². The number of halogens is 1. The van der Waals surface area contributed by atoms with E-state index in [9.17, 15) is 14.3 Å². The first kappa shape index (κ1) is 10.6. The van der Waals surface area contributed by atoms with Gasteiger partial charge in [0.25, 0.3) is 0 Å². The predicted molar refractivity (Wildman–Crippen MR) is 52.1 cm³/mol. The Bertz CT molecular complexity index is 455. The summed E-state index contributed by atoms with van der Waals surface area (Å²) >= 11 is 0. The van der Waals surface area contributed by atoms with E-state index in [-0.39, 0.29) is 12.2 Å². The fourth-order valence-electron chi connectivity index (χ4n) is 1.45. The fourth-order valence-corrected chi connectivity index (χ4v) is 1.45. The number of rotatable bonds is 2. The number of carboxylic acids is 1. The van der Waals surface area contributed by atoms with Gasteiger partial charge in [0.15, 0.2) is 5.60 Å². The van der Waals surface area contributed by atoms with Crippen molar-refractivity contribution in [1.29, 1.82) is 0 Å². The van der Waals surface area contributed by atoms with Crippen LogP contribution in [0.1, 0.15) is 18.9 Å². The van der Waals surface area contributed by atoms with E-state index in [4.69, 9.17) is 4.84 Å². The van der Waals surface area contributed by atoms with E-state index in [1.54, 1.807) is 0 Å². The first-order valence-corrected chi connectivity index (χ1v) is 4.74. The summed E-state index contributed by atoms with van der Waals surface area (Å²) in [6.07, 6.45) is 0.112. The van der Waals surface area contributed by atoms with E-state index in [1.165, 1.54) is 31.2 Å². The number of hydrogen-bond acceptors (Lipinski definition) is 4. The second kappa shape index (κ2) is 3.59. The molecule has 1 aliphatic heterocycles. The molecule has 1 aliphatic rings. The topological polar surface area (TPSA) is 61.7 Å². The number of nitrogens with zero attached hydrogens (tertiary/aromatic N) is 1. The van der Waals surface area contributed by atoms with Gasteiger partial charge in [0, 0.05) is 6.42 Å². The quantitative estimate of drug-likeness (QED) is 0.730. The number of carboxylic acid groups (broad SMARTS) is 1. The zero-order valence-electron chi connectivity index (χ0n) is 8.57. The Morgan fingerprint density at radius 3 is 2.62 bits per heavy atom. The van der Waals surface area contributed by atoms with Gasteiger partial charge in [0.2, 0.25) is 0 Å². The van der Waals surface area contributed by atoms with Crippen molar-refractivity contribution in [3.8, 4) is 0 Å². The average Bonchev–Trinajstić information content (AvgIpc) is 2.63. The maximum Gasteiger partial charge on any atom is 0.179 e. The Balaban J connectivity index is 2.20. The van der Waals surface area contributed by atoms with Crippen molar-refractivity contribution in [2.75, 3.05) is 0 Å². The Kier molecular flexibility index (Phi) is 2.38. The monoisotopic (exact) mass is 222 g/mol. The van der Waals surface area contributed by atoms with Gasteiger partial charge in [-0.3, -0.25) is 0 Å². The number of carbonyl (C=O) groups is 1. The summed E-state index contributed by atoms with van der Waals surface area (Å²) in [6, 6.07) is 5.62. The van der Waals surface area contributed by atoms with Gasteiger partial charge in [-0.05, 0) is 24.6 Å². The highest BCUT2D eigenvalue weighted by atomic mass is 19.1. The first-order chi connectivity index (χ1) is 7.51. The highest BCUT2D eigenvalue weighted by Crippen LogP contribution is 2.25. The minimum absolute atomic E-state index is 0.112. The Morgan fingerprint density at radius 2 is 2.12 bits per heavy atom. The summed E-state index contributed by atoms with van der Waals surface area (Å²) in [5.74, 6) is -1.67. The lowest BCUT2D eigenvalue weighted by molar-refractivity contribution is -0.324. The normalized spacial score (nSPS) is 23.8. The lowest BCUT2D eigenvalue weighted by Crippen LogP contribution is -2.46. The predicted octanol–water partition coefficient (Wildman–Crippen LogP) is 0.459. The molecule has 84 valence electrons. The molecule has 1 aromatic rings. The van der Waals surface area contributed by atoms with Crippen LogP contribution in [0.2, 0.25) is 0 Å². The molecule has 0 unspecified atom stereocenters. The molecule has 0 fully saturated rings. The molecule has 16 heavy (non-hydrogen) atoms. The first-order valence-electron chi connectivity index (χ1n) is 4.74. The average molecular weight is 222 g/mol.